The smallest absolute Gasteiger partial charge is 0.186 e. The predicted molar refractivity (Wildman–Crippen MR) is 138 cm³/mol. The quantitative estimate of drug-likeness (QED) is 0.284. The van der Waals surface area contributed by atoms with Crippen LogP contribution in [0.2, 0.25) is 5.02 Å². The molecule has 3 heterocycles. The number of hydrogen-bond donors (Lipinski definition) is 3. The Balaban J connectivity index is 1.31. The zero-order valence-electron chi connectivity index (χ0n) is 19.1. The van der Waals surface area contributed by atoms with Gasteiger partial charge in [0.15, 0.2) is 11.5 Å². The summed E-state index contributed by atoms with van der Waals surface area (Å²) in [6.45, 7) is 7.08. The number of benzene rings is 2. The van der Waals surface area contributed by atoms with E-state index in [4.69, 9.17) is 21.3 Å². The maximum Gasteiger partial charge on any atom is 0.186 e. The third kappa shape index (κ3) is 5.67. The van der Waals surface area contributed by atoms with Gasteiger partial charge < -0.3 is 14.8 Å². The fourth-order valence-corrected chi connectivity index (χ4v) is 4.79. The molecule has 0 atom stereocenters. The van der Waals surface area contributed by atoms with Gasteiger partial charge in [-0.2, -0.15) is 5.10 Å². The molecule has 11 heteroatoms. The molecular weight excluding hydrogens is 489 g/mol. The number of rotatable bonds is 8. The van der Waals surface area contributed by atoms with Gasteiger partial charge in [-0.3, -0.25) is 10.00 Å². The van der Waals surface area contributed by atoms with Crippen LogP contribution < -0.4 is 10.0 Å². The first-order valence-electron chi connectivity index (χ1n) is 11.3. The van der Waals surface area contributed by atoms with Crippen molar-refractivity contribution in [3.63, 3.8) is 0 Å². The second-order valence-electron chi connectivity index (χ2n) is 8.18. The molecule has 0 spiro atoms. The summed E-state index contributed by atoms with van der Waals surface area (Å²) >= 11 is 7.14. The molecule has 0 amide bonds. The lowest BCUT2D eigenvalue weighted by Crippen LogP contribution is -2.39. The van der Waals surface area contributed by atoms with Crippen molar-refractivity contribution in [2.75, 3.05) is 49.4 Å². The molecule has 0 unspecified atom stereocenters. The molecule has 8 nitrogen and oxygen atoms in total. The minimum Gasteiger partial charge on any atom is -0.379 e. The molecule has 2 aromatic carbocycles. The van der Waals surface area contributed by atoms with Gasteiger partial charge >= 0.3 is 0 Å². The second kappa shape index (κ2) is 10.8. The van der Waals surface area contributed by atoms with E-state index < -0.39 is 0 Å². The largest absolute Gasteiger partial charge is 0.379 e. The topological polar surface area (TPSA) is 91.0 Å². The maximum atomic E-state index is 14.0. The van der Waals surface area contributed by atoms with Crippen LogP contribution in [0.4, 0.5) is 15.9 Å². The molecule has 3 N–H and O–H groups in total. The standard InChI is InChI=1S/C24H25ClFN7OS/c1-15-21-23(27-8-9-33-10-12-34-13-11-33)28-22(29-24(21)31-30-15)16-2-5-18(6-3-16)32-35-20-14-17(25)4-7-19(20)26/h2-7,14,32H,8-13H2,1H3,(H2,27,28,29,30,31). The Labute approximate surface area is 211 Å². The summed E-state index contributed by atoms with van der Waals surface area (Å²) in [6.07, 6.45) is 0. The number of H-pyrrole nitrogens is 1. The predicted octanol–water partition coefficient (Wildman–Crippen LogP) is 4.98. The molecule has 0 saturated carbocycles. The zero-order valence-corrected chi connectivity index (χ0v) is 20.7. The molecule has 0 bridgehead atoms. The fraction of sp³-hybridized carbons (Fsp3) is 0.292. The molecule has 4 aromatic rings. The number of morpholine rings is 1. The van der Waals surface area contributed by atoms with Gasteiger partial charge in [0, 0.05) is 48.1 Å². The van der Waals surface area contributed by atoms with Crippen LogP contribution in [-0.2, 0) is 4.74 Å². The van der Waals surface area contributed by atoms with E-state index in [-0.39, 0.29) is 5.82 Å². The minimum atomic E-state index is -0.326. The Kier molecular flexibility index (Phi) is 7.33. The highest BCUT2D eigenvalue weighted by Crippen LogP contribution is 2.29. The molecule has 182 valence electrons. The molecule has 0 aliphatic carbocycles. The fourth-order valence-electron chi connectivity index (χ4n) is 3.84. The number of anilines is 2. The minimum absolute atomic E-state index is 0.326. The van der Waals surface area contributed by atoms with Crippen molar-refractivity contribution in [2.24, 2.45) is 0 Å². The first kappa shape index (κ1) is 23.8. The van der Waals surface area contributed by atoms with Crippen molar-refractivity contribution in [2.45, 2.75) is 11.8 Å². The van der Waals surface area contributed by atoms with Gasteiger partial charge in [-0.05, 0) is 61.3 Å². The number of fused-ring (bicyclic) bond motifs is 1. The van der Waals surface area contributed by atoms with Crippen LogP contribution in [-0.4, -0.2) is 64.5 Å². The van der Waals surface area contributed by atoms with Crippen LogP contribution in [0, 0.1) is 12.7 Å². The number of aryl methyl sites for hydroxylation is 1. The van der Waals surface area contributed by atoms with Crippen molar-refractivity contribution in [3.05, 3.63) is 59.0 Å². The average molecular weight is 514 g/mol. The van der Waals surface area contributed by atoms with E-state index in [9.17, 15) is 4.39 Å². The Morgan fingerprint density at radius 2 is 1.94 bits per heavy atom. The first-order valence-corrected chi connectivity index (χ1v) is 12.5. The van der Waals surface area contributed by atoms with Crippen LogP contribution in [0.5, 0.6) is 0 Å². The Hall–Kier alpha value is -2.92. The molecule has 35 heavy (non-hydrogen) atoms. The van der Waals surface area contributed by atoms with Crippen molar-refractivity contribution >= 4 is 46.1 Å². The van der Waals surface area contributed by atoms with Crippen molar-refractivity contribution < 1.29 is 9.13 Å². The van der Waals surface area contributed by atoms with E-state index >= 15 is 0 Å². The van der Waals surface area contributed by atoms with Crippen molar-refractivity contribution in [3.8, 4) is 11.4 Å². The highest BCUT2D eigenvalue weighted by Gasteiger charge is 2.15. The third-order valence-electron chi connectivity index (χ3n) is 5.73. The summed E-state index contributed by atoms with van der Waals surface area (Å²) < 4.78 is 22.5. The van der Waals surface area contributed by atoms with Crippen LogP contribution in [0.1, 0.15) is 5.69 Å². The Morgan fingerprint density at radius 1 is 1.14 bits per heavy atom. The Bertz CT molecular complexity index is 1310. The maximum absolute atomic E-state index is 14.0. The number of halogens is 2. The molecule has 1 fully saturated rings. The summed E-state index contributed by atoms with van der Waals surface area (Å²) in [5.41, 5.74) is 3.22. The van der Waals surface area contributed by atoms with Gasteiger partial charge in [0.2, 0.25) is 0 Å². The Morgan fingerprint density at radius 3 is 2.74 bits per heavy atom. The molecule has 2 aromatic heterocycles. The van der Waals surface area contributed by atoms with E-state index in [0.717, 1.165) is 67.5 Å². The SMILES string of the molecule is Cc1[nH]nc2nc(-c3ccc(NSc4cc(Cl)ccc4F)cc3)nc(NCCN3CCOCC3)c12. The van der Waals surface area contributed by atoms with Gasteiger partial charge in [-0.15, -0.1) is 0 Å². The highest BCUT2D eigenvalue weighted by molar-refractivity contribution is 8.00. The lowest BCUT2D eigenvalue weighted by atomic mass is 10.2. The van der Waals surface area contributed by atoms with Gasteiger partial charge in [0.25, 0.3) is 0 Å². The number of nitrogens with zero attached hydrogens (tertiary/aromatic N) is 4. The van der Waals surface area contributed by atoms with E-state index in [2.05, 4.69) is 30.1 Å². The van der Waals surface area contributed by atoms with Crippen LogP contribution in [0.15, 0.2) is 47.4 Å². The van der Waals surface area contributed by atoms with Crippen LogP contribution >= 0.6 is 23.5 Å². The summed E-state index contributed by atoms with van der Waals surface area (Å²) in [5, 5.41) is 12.2. The van der Waals surface area contributed by atoms with Gasteiger partial charge in [0.05, 0.1) is 23.5 Å². The van der Waals surface area contributed by atoms with E-state index in [1.807, 2.05) is 31.2 Å². The summed E-state index contributed by atoms with van der Waals surface area (Å²) in [4.78, 5) is 12.3. The highest BCUT2D eigenvalue weighted by atomic mass is 35.5. The lowest BCUT2D eigenvalue weighted by Gasteiger charge is -2.26. The number of ether oxygens (including phenoxy) is 1. The van der Waals surface area contributed by atoms with E-state index in [0.29, 0.717) is 21.4 Å². The summed E-state index contributed by atoms with van der Waals surface area (Å²) in [7, 11) is 0. The molecular formula is C24H25ClFN7OS. The van der Waals surface area contributed by atoms with Gasteiger partial charge in [-0.1, -0.05) is 11.6 Å². The van der Waals surface area contributed by atoms with E-state index in [1.54, 1.807) is 6.07 Å². The average Bonchev–Trinajstić information content (AvgIpc) is 3.26. The number of hydrogen-bond acceptors (Lipinski definition) is 8. The number of aromatic amines is 1. The third-order valence-corrected chi connectivity index (χ3v) is 6.84. The monoisotopic (exact) mass is 513 g/mol. The summed E-state index contributed by atoms with van der Waals surface area (Å²) in [5.74, 6) is 1.02. The number of nitrogens with one attached hydrogen (secondary N) is 3. The van der Waals surface area contributed by atoms with Crippen LogP contribution in [0.25, 0.3) is 22.4 Å². The normalized spacial score (nSPS) is 14.4. The second-order valence-corrected chi connectivity index (χ2v) is 9.46. The lowest BCUT2D eigenvalue weighted by molar-refractivity contribution is 0.0398. The number of aromatic nitrogens is 4. The molecule has 5 rings (SSSR count). The molecule has 0 radical (unpaired) electrons. The molecule has 1 saturated heterocycles. The van der Waals surface area contributed by atoms with Gasteiger partial charge in [0.1, 0.15) is 11.6 Å². The van der Waals surface area contributed by atoms with Crippen molar-refractivity contribution in [1.29, 1.82) is 0 Å². The summed E-state index contributed by atoms with van der Waals surface area (Å²) in [6, 6.07) is 12.1. The molecule has 1 aliphatic rings. The zero-order chi connectivity index (χ0) is 24.2. The van der Waals surface area contributed by atoms with Crippen LogP contribution in [0.3, 0.4) is 0 Å². The van der Waals surface area contributed by atoms with Crippen molar-refractivity contribution in [1.82, 2.24) is 25.1 Å². The molecule has 1 aliphatic heterocycles. The van der Waals surface area contributed by atoms with Gasteiger partial charge in [-0.25, -0.2) is 14.4 Å². The first-order chi connectivity index (χ1) is 17.1. The van der Waals surface area contributed by atoms with E-state index in [1.165, 1.54) is 24.1 Å².